The number of nitrogens with one attached hydrogen (secondary N) is 1. The van der Waals surface area contributed by atoms with Crippen molar-refractivity contribution in [1.29, 1.82) is 0 Å². The average molecular weight is 416 g/mol. The Morgan fingerprint density at radius 3 is 2.40 bits per heavy atom. The Kier molecular flexibility index (Phi) is 7.63. The maximum Gasteiger partial charge on any atom is 0.328 e. The number of amides is 1. The number of aromatic nitrogens is 1. The van der Waals surface area contributed by atoms with Crippen LogP contribution in [-0.2, 0) is 9.53 Å². The number of aryl methyl sites for hydroxylation is 1. The largest absolute Gasteiger partial charge is 0.503 e. The molecule has 0 radical (unpaired) electrons. The van der Waals surface area contributed by atoms with Crippen molar-refractivity contribution in [2.45, 2.75) is 45.8 Å². The number of carbonyl (C=O) groups excluding carboxylic acids is 2. The van der Waals surface area contributed by atoms with Crippen LogP contribution >= 0.6 is 0 Å². The molecule has 8 nitrogen and oxygen atoms in total. The van der Waals surface area contributed by atoms with Crippen LogP contribution in [0.25, 0.3) is 0 Å². The van der Waals surface area contributed by atoms with Gasteiger partial charge in [-0.3, -0.25) is 4.79 Å². The molecular weight excluding hydrogens is 388 g/mol. The number of methoxy groups -OCH3 is 2. The van der Waals surface area contributed by atoms with Crippen LogP contribution in [0.5, 0.6) is 17.2 Å². The van der Waals surface area contributed by atoms with Crippen LogP contribution in [0.1, 0.15) is 48.3 Å². The van der Waals surface area contributed by atoms with Crippen LogP contribution < -0.4 is 14.8 Å². The molecule has 0 fully saturated rings. The summed E-state index contributed by atoms with van der Waals surface area (Å²) >= 11 is 0. The minimum absolute atomic E-state index is 0.0631. The summed E-state index contributed by atoms with van der Waals surface area (Å²) in [6, 6.07) is 6.23. The summed E-state index contributed by atoms with van der Waals surface area (Å²) in [5.41, 5.74) is 1.84. The average Bonchev–Trinajstić information content (AvgIpc) is 2.72. The first kappa shape index (κ1) is 23.0. The van der Waals surface area contributed by atoms with Gasteiger partial charge in [-0.25, -0.2) is 9.78 Å². The number of hydrogen-bond donors (Lipinski definition) is 2. The summed E-state index contributed by atoms with van der Waals surface area (Å²) in [5, 5.41) is 12.5. The summed E-state index contributed by atoms with van der Waals surface area (Å²) in [6.07, 6.45) is 0.907. The van der Waals surface area contributed by atoms with E-state index in [1.54, 1.807) is 14.0 Å². The Morgan fingerprint density at radius 1 is 1.10 bits per heavy atom. The zero-order chi connectivity index (χ0) is 22.4. The lowest BCUT2D eigenvalue weighted by Crippen LogP contribution is -2.41. The van der Waals surface area contributed by atoms with E-state index in [-0.39, 0.29) is 17.4 Å². The fourth-order valence-electron chi connectivity index (χ4n) is 3.02. The van der Waals surface area contributed by atoms with Gasteiger partial charge in [0.1, 0.15) is 17.9 Å². The molecule has 0 bridgehead atoms. The zero-order valence-electron chi connectivity index (χ0n) is 18.1. The highest BCUT2D eigenvalue weighted by molar-refractivity contribution is 5.97. The molecule has 8 heteroatoms. The number of rotatable bonds is 8. The third-order valence-electron chi connectivity index (χ3n) is 5.00. The van der Waals surface area contributed by atoms with Crippen molar-refractivity contribution in [2.24, 2.45) is 0 Å². The van der Waals surface area contributed by atoms with Crippen molar-refractivity contribution in [3.63, 3.8) is 0 Å². The number of nitrogens with zero attached hydrogens (tertiary/aromatic N) is 1. The molecule has 2 N–H and O–H groups in total. The molecule has 30 heavy (non-hydrogen) atoms. The third kappa shape index (κ3) is 5.20. The SMILES string of the molecule is COc1ccc([C@@H](C)[C@@H](C)OC(=O)[C@@H](C)NC(=O)c2nccc(OC)c2O)c(C)c1. The molecule has 2 aromatic rings. The van der Waals surface area contributed by atoms with Gasteiger partial charge in [0, 0.05) is 18.2 Å². The molecule has 1 aromatic carbocycles. The second kappa shape index (κ2) is 9.96. The van der Waals surface area contributed by atoms with Crippen molar-refractivity contribution in [2.75, 3.05) is 14.2 Å². The molecule has 1 heterocycles. The van der Waals surface area contributed by atoms with E-state index in [1.807, 2.05) is 32.0 Å². The van der Waals surface area contributed by atoms with Gasteiger partial charge in [-0.1, -0.05) is 13.0 Å². The Bertz CT molecular complexity index is 914. The van der Waals surface area contributed by atoms with Crippen LogP contribution in [0, 0.1) is 6.92 Å². The van der Waals surface area contributed by atoms with Gasteiger partial charge in [-0.2, -0.15) is 0 Å². The molecule has 2 rings (SSSR count). The van der Waals surface area contributed by atoms with Gasteiger partial charge in [-0.05, 0) is 44.0 Å². The fourth-order valence-corrected chi connectivity index (χ4v) is 3.02. The number of esters is 1. The van der Waals surface area contributed by atoms with E-state index >= 15 is 0 Å². The number of benzene rings is 1. The molecule has 0 spiro atoms. The lowest BCUT2D eigenvalue weighted by Gasteiger charge is -2.24. The quantitative estimate of drug-likeness (QED) is 0.637. The standard InChI is InChI=1S/C22H28N2O6/c1-12-11-16(28-5)7-8-17(12)13(2)15(4)30-22(27)14(3)24-21(26)19-20(25)18(29-6)9-10-23-19/h7-11,13-15,25H,1-6H3,(H,24,26)/t13-,14+,15+/m0/s1. The first-order valence-corrected chi connectivity index (χ1v) is 9.57. The van der Waals surface area contributed by atoms with Crippen molar-refractivity contribution < 1.29 is 28.9 Å². The lowest BCUT2D eigenvalue weighted by molar-refractivity contribution is -0.151. The molecule has 0 aliphatic rings. The lowest BCUT2D eigenvalue weighted by atomic mass is 9.92. The van der Waals surface area contributed by atoms with E-state index in [1.165, 1.54) is 26.3 Å². The molecule has 1 amide bonds. The minimum atomic E-state index is -0.934. The van der Waals surface area contributed by atoms with E-state index in [0.717, 1.165) is 16.9 Å². The maximum absolute atomic E-state index is 12.5. The second-order valence-electron chi connectivity index (χ2n) is 7.06. The van der Waals surface area contributed by atoms with Gasteiger partial charge in [0.05, 0.1) is 14.2 Å². The molecule has 0 saturated carbocycles. The first-order valence-electron chi connectivity index (χ1n) is 9.57. The zero-order valence-corrected chi connectivity index (χ0v) is 18.1. The normalized spacial score (nSPS) is 13.7. The number of pyridine rings is 1. The van der Waals surface area contributed by atoms with Gasteiger partial charge < -0.3 is 24.6 Å². The minimum Gasteiger partial charge on any atom is -0.503 e. The van der Waals surface area contributed by atoms with Crippen molar-refractivity contribution in [3.05, 3.63) is 47.3 Å². The topological polar surface area (TPSA) is 107 Å². The molecule has 0 aliphatic carbocycles. The summed E-state index contributed by atoms with van der Waals surface area (Å²) < 4.78 is 15.7. The van der Waals surface area contributed by atoms with Crippen LogP contribution in [0.4, 0.5) is 0 Å². The predicted octanol–water partition coefficient (Wildman–Crippen LogP) is 2.97. The smallest absolute Gasteiger partial charge is 0.328 e. The Morgan fingerprint density at radius 2 is 1.80 bits per heavy atom. The molecule has 0 aliphatic heterocycles. The molecule has 0 unspecified atom stereocenters. The molecule has 0 saturated heterocycles. The maximum atomic E-state index is 12.5. The van der Waals surface area contributed by atoms with Gasteiger partial charge >= 0.3 is 5.97 Å². The number of hydrogen-bond acceptors (Lipinski definition) is 7. The Balaban J connectivity index is 2.02. The van der Waals surface area contributed by atoms with E-state index in [0.29, 0.717) is 0 Å². The number of aromatic hydroxyl groups is 1. The number of ether oxygens (including phenoxy) is 3. The number of carbonyl (C=O) groups is 2. The van der Waals surface area contributed by atoms with Gasteiger partial charge in [-0.15, -0.1) is 0 Å². The Labute approximate surface area is 176 Å². The predicted molar refractivity (Wildman–Crippen MR) is 111 cm³/mol. The van der Waals surface area contributed by atoms with Crippen molar-refractivity contribution >= 4 is 11.9 Å². The summed E-state index contributed by atoms with van der Waals surface area (Å²) in [6.45, 7) is 7.25. The molecule has 162 valence electrons. The summed E-state index contributed by atoms with van der Waals surface area (Å²) in [7, 11) is 2.97. The van der Waals surface area contributed by atoms with Gasteiger partial charge in [0.25, 0.3) is 5.91 Å². The van der Waals surface area contributed by atoms with E-state index in [9.17, 15) is 14.7 Å². The second-order valence-corrected chi connectivity index (χ2v) is 7.06. The summed E-state index contributed by atoms with van der Waals surface area (Å²) in [4.78, 5) is 28.7. The first-order chi connectivity index (χ1) is 14.2. The van der Waals surface area contributed by atoms with E-state index in [2.05, 4.69) is 10.3 Å². The molecular formula is C22H28N2O6. The fraction of sp³-hybridized carbons (Fsp3) is 0.409. The highest BCUT2D eigenvalue weighted by Gasteiger charge is 2.26. The van der Waals surface area contributed by atoms with Crippen LogP contribution in [0.15, 0.2) is 30.5 Å². The monoisotopic (exact) mass is 416 g/mol. The van der Waals surface area contributed by atoms with Gasteiger partial charge in [0.15, 0.2) is 17.2 Å². The van der Waals surface area contributed by atoms with Crippen LogP contribution in [0.2, 0.25) is 0 Å². The van der Waals surface area contributed by atoms with E-state index < -0.39 is 29.8 Å². The summed E-state index contributed by atoms with van der Waals surface area (Å²) in [5.74, 6) is -0.873. The van der Waals surface area contributed by atoms with Crippen molar-refractivity contribution in [1.82, 2.24) is 10.3 Å². The van der Waals surface area contributed by atoms with Crippen LogP contribution in [-0.4, -0.2) is 48.3 Å². The highest BCUT2D eigenvalue weighted by Crippen LogP contribution is 2.28. The molecule has 3 atom stereocenters. The van der Waals surface area contributed by atoms with E-state index in [4.69, 9.17) is 14.2 Å². The molecule has 1 aromatic heterocycles. The van der Waals surface area contributed by atoms with Crippen molar-refractivity contribution in [3.8, 4) is 17.2 Å². The Hall–Kier alpha value is -3.29. The third-order valence-corrected chi connectivity index (χ3v) is 5.00. The van der Waals surface area contributed by atoms with Gasteiger partial charge in [0.2, 0.25) is 0 Å². The highest BCUT2D eigenvalue weighted by atomic mass is 16.5. The van der Waals surface area contributed by atoms with Crippen LogP contribution in [0.3, 0.4) is 0 Å².